The molecule has 0 bridgehead atoms. The lowest BCUT2D eigenvalue weighted by atomic mass is 9.54. The predicted molar refractivity (Wildman–Crippen MR) is 133 cm³/mol. The predicted octanol–water partition coefficient (Wildman–Crippen LogP) is -0.171. The summed E-state index contributed by atoms with van der Waals surface area (Å²) in [6.45, 7) is 1.62. The molecule has 4 rings (SSSR count). The van der Waals surface area contributed by atoms with Gasteiger partial charge in [0.2, 0.25) is 11.7 Å². The number of aromatic hydroxyl groups is 1. The molecule has 0 aromatic heterocycles. The van der Waals surface area contributed by atoms with E-state index in [0.29, 0.717) is 5.56 Å². The van der Waals surface area contributed by atoms with Crippen molar-refractivity contribution in [3.63, 3.8) is 0 Å². The van der Waals surface area contributed by atoms with Crippen LogP contribution >= 0.6 is 15.9 Å². The van der Waals surface area contributed by atoms with E-state index in [1.54, 1.807) is 6.92 Å². The minimum atomic E-state index is -2.99. The number of benzene rings is 1. The van der Waals surface area contributed by atoms with Gasteiger partial charge in [-0.3, -0.25) is 24.1 Å². The quantitative estimate of drug-likeness (QED) is 0.142. The largest absolute Gasteiger partial charge is 0.508 e. The number of ketones is 2. The summed E-state index contributed by atoms with van der Waals surface area (Å²) in [7, 11) is 2.87. The van der Waals surface area contributed by atoms with E-state index in [9.17, 15) is 44.7 Å². The molecule has 5 unspecified atom stereocenters. The standard InChI is InChI=1S/C24H26BrN3O9/c1-7-8-4-5-9(27-10(29)6-25)17(30)12(8)18(31)13-11(7)19(32)15-16(28(2)3)20(33)14(23(26)36)22(35)24(15,37)21(13)34/h4-5,7,11,15-16,19,30-32,35,37H,6H2,1-3H3,(H2,26,36)(H,27,29)/t7?,11?,15?,16-,19?,24?/m0/s1. The maximum atomic E-state index is 13.9. The fourth-order valence-electron chi connectivity index (χ4n) is 5.90. The number of phenolic OH excluding ortho intramolecular Hbond substituents is 1. The van der Waals surface area contributed by atoms with Crippen LogP contribution in [0.15, 0.2) is 29.0 Å². The van der Waals surface area contributed by atoms with Gasteiger partial charge < -0.3 is 36.6 Å². The lowest BCUT2D eigenvalue weighted by Crippen LogP contribution is -2.70. The van der Waals surface area contributed by atoms with E-state index in [4.69, 9.17) is 5.73 Å². The van der Waals surface area contributed by atoms with Crippen molar-refractivity contribution in [2.75, 3.05) is 24.7 Å². The number of phenols is 1. The minimum absolute atomic E-state index is 0.0592. The van der Waals surface area contributed by atoms with Crippen molar-refractivity contribution in [1.29, 1.82) is 0 Å². The molecule has 1 fully saturated rings. The molecule has 13 heteroatoms. The SMILES string of the molecule is CC1c2ccc(NC(=O)CBr)c(O)c2C(O)=C2C(=O)C3(O)C(O)=C(C(N)=O)C(=O)[C@@H](N(C)C)C3C(O)C21. The number of hydrogen-bond acceptors (Lipinski definition) is 10. The Hall–Kier alpha value is -3.26. The lowest BCUT2D eigenvalue weighted by Gasteiger charge is -2.53. The minimum Gasteiger partial charge on any atom is -0.508 e. The van der Waals surface area contributed by atoms with Crippen LogP contribution in [-0.4, -0.2) is 91.0 Å². The van der Waals surface area contributed by atoms with E-state index in [-0.39, 0.29) is 16.6 Å². The van der Waals surface area contributed by atoms with Crippen LogP contribution in [0.2, 0.25) is 0 Å². The van der Waals surface area contributed by atoms with Crippen LogP contribution in [0.5, 0.6) is 5.75 Å². The number of halogens is 1. The van der Waals surface area contributed by atoms with Gasteiger partial charge in [-0.2, -0.15) is 0 Å². The van der Waals surface area contributed by atoms with Crippen LogP contribution in [0.4, 0.5) is 5.69 Å². The molecule has 0 saturated heterocycles. The molecule has 37 heavy (non-hydrogen) atoms. The van der Waals surface area contributed by atoms with Crippen LogP contribution in [0.3, 0.4) is 0 Å². The zero-order valence-electron chi connectivity index (χ0n) is 20.0. The summed E-state index contributed by atoms with van der Waals surface area (Å²) < 4.78 is 0. The Labute approximate surface area is 219 Å². The van der Waals surface area contributed by atoms with Crippen LogP contribution in [0.25, 0.3) is 5.76 Å². The van der Waals surface area contributed by atoms with Crippen LogP contribution < -0.4 is 11.1 Å². The number of nitrogens with two attached hydrogens (primary N) is 1. The smallest absolute Gasteiger partial charge is 0.255 e. The number of alkyl halides is 1. The first-order valence-corrected chi connectivity index (χ1v) is 12.4. The summed E-state index contributed by atoms with van der Waals surface area (Å²) in [5, 5.41) is 58.6. The normalized spacial score (nSPS) is 31.2. The first-order chi connectivity index (χ1) is 17.2. The van der Waals surface area contributed by atoms with Gasteiger partial charge in [-0.1, -0.05) is 28.9 Å². The van der Waals surface area contributed by atoms with Gasteiger partial charge in [0.05, 0.1) is 34.6 Å². The fraction of sp³-hybridized carbons (Fsp3) is 0.417. The zero-order chi connectivity index (χ0) is 27.7. The highest BCUT2D eigenvalue weighted by molar-refractivity contribution is 9.09. The van der Waals surface area contributed by atoms with Crippen molar-refractivity contribution in [1.82, 2.24) is 4.90 Å². The molecular weight excluding hydrogens is 554 g/mol. The molecular formula is C24H26BrN3O9. The molecule has 1 saturated carbocycles. The first-order valence-electron chi connectivity index (χ1n) is 11.3. The van der Waals surface area contributed by atoms with Gasteiger partial charge in [-0.05, 0) is 31.6 Å². The highest BCUT2D eigenvalue weighted by atomic mass is 79.9. The molecule has 6 atom stereocenters. The van der Waals surface area contributed by atoms with Gasteiger partial charge in [-0.15, -0.1) is 0 Å². The Kier molecular flexibility index (Phi) is 6.47. The summed E-state index contributed by atoms with van der Waals surface area (Å²) in [6.07, 6.45) is -1.68. The molecule has 0 aliphatic heterocycles. The Morgan fingerprint density at radius 3 is 2.35 bits per heavy atom. The maximum Gasteiger partial charge on any atom is 0.255 e. The van der Waals surface area contributed by atoms with E-state index in [2.05, 4.69) is 21.2 Å². The number of Topliss-reactive ketones (excluding diaryl/α,β-unsaturated/α-hetero) is 2. The van der Waals surface area contributed by atoms with Crippen molar-refractivity contribution in [3.8, 4) is 5.75 Å². The Morgan fingerprint density at radius 2 is 1.81 bits per heavy atom. The number of aliphatic hydroxyl groups is 4. The van der Waals surface area contributed by atoms with Crippen LogP contribution in [0, 0.1) is 11.8 Å². The van der Waals surface area contributed by atoms with Gasteiger partial charge in [0.25, 0.3) is 5.91 Å². The topological polar surface area (TPSA) is 211 Å². The third-order valence-corrected chi connectivity index (χ3v) is 8.03. The number of nitrogens with zero attached hydrogens (tertiary/aromatic N) is 1. The fourth-order valence-corrected chi connectivity index (χ4v) is 6.04. The molecule has 198 valence electrons. The molecule has 0 heterocycles. The lowest BCUT2D eigenvalue weighted by molar-refractivity contribution is -0.169. The van der Waals surface area contributed by atoms with E-state index in [0.717, 1.165) is 0 Å². The van der Waals surface area contributed by atoms with Gasteiger partial charge in [0, 0.05) is 11.5 Å². The second-order valence-electron chi connectivity index (χ2n) is 9.66. The number of aliphatic hydroxyl groups excluding tert-OH is 3. The van der Waals surface area contributed by atoms with E-state index < -0.39 is 87.3 Å². The summed E-state index contributed by atoms with van der Waals surface area (Å²) in [6, 6.07) is 1.49. The molecule has 8 N–H and O–H groups in total. The molecule has 3 aliphatic carbocycles. The summed E-state index contributed by atoms with van der Waals surface area (Å²) in [5.41, 5.74) is 0.883. The second-order valence-corrected chi connectivity index (χ2v) is 10.2. The molecule has 12 nitrogen and oxygen atoms in total. The first kappa shape index (κ1) is 26.8. The number of likely N-dealkylation sites (N-methyl/N-ethyl adjacent to an activating group) is 1. The van der Waals surface area contributed by atoms with Crippen LogP contribution in [-0.2, 0) is 19.2 Å². The van der Waals surface area contributed by atoms with Crippen molar-refractivity contribution in [3.05, 3.63) is 40.2 Å². The van der Waals surface area contributed by atoms with Gasteiger partial charge in [-0.25, -0.2) is 0 Å². The highest BCUT2D eigenvalue weighted by Gasteiger charge is 2.68. The monoisotopic (exact) mass is 579 g/mol. The Balaban J connectivity index is 2.01. The third kappa shape index (κ3) is 3.52. The van der Waals surface area contributed by atoms with Crippen molar-refractivity contribution >= 4 is 50.8 Å². The summed E-state index contributed by atoms with van der Waals surface area (Å²) >= 11 is 2.99. The maximum absolute atomic E-state index is 13.9. The molecule has 2 amide bonds. The number of carbonyl (C=O) groups excluding carboxylic acids is 4. The number of fused-ring (bicyclic) bond motifs is 3. The Morgan fingerprint density at radius 1 is 1.19 bits per heavy atom. The average molecular weight is 580 g/mol. The average Bonchev–Trinajstić information content (AvgIpc) is 2.82. The molecule has 1 aromatic rings. The zero-order valence-corrected chi connectivity index (χ0v) is 21.6. The number of amides is 2. The van der Waals surface area contributed by atoms with E-state index in [1.807, 2.05) is 0 Å². The summed E-state index contributed by atoms with van der Waals surface area (Å²) in [5.74, 6) is -10.3. The molecule has 3 aliphatic rings. The number of anilines is 1. The van der Waals surface area contributed by atoms with Crippen molar-refractivity contribution in [2.24, 2.45) is 17.6 Å². The number of primary amides is 1. The number of carbonyl (C=O) groups is 4. The molecule has 1 aromatic carbocycles. The molecule has 0 spiro atoms. The number of nitrogens with one attached hydrogen (secondary N) is 1. The van der Waals surface area contributed by atoms with Crippen LogP contribution in [0.1, 0.15) is 24.0 Å². The highest BCUT2D eigenvalue weighted by Crippen LogP contribution is 2.56. The van der Waals surface area contributed by atoms with Crippen molar-refractivity contribution < 1.29 is 44.7 Å². The van der Waals surface area contributed by atoms with Crippen molar-refractivity contribution in [2.45, 2.75) is 30.6 Å². The number of hydrogen-bond donors (Lipinski definition) is 7. The van der Waals surface area contributed by atoms with Gasteiger partial charge >= 0.3 is 0 Å². The van der Waals surface area contributed by atoms with Gasteiger partial charge in [0.1, 0.15) is 22.8 Å². The Bertz CT molecular complexity index is 1320. The summed E-state index contributed by atoms with van der Waals surface area (Å²) in [4.78, 5) is 52.2. The van der Waals surface area contributed by atoms with E-state index in [1.165, 1.54) is 31.1 Å². The van der Waals surface area contributed by atoms with Gasteiger partial charge in [0.15, 0.2) is 11.4 Å². The van der Waals surface area contributed by atoms with E-state index >= 15 is 0 Å². The third-order valence-electron chi connectivity index (χ3n) is 7.52. The number of rotatable bonds is 4. The molecule has 0 radical (unpaired) electrons. The second kappa shape index (κ2) is 8.94.